The smallest absolute Gasteiger partial charge is 0.410 e. The van der Waals surface area contributed by atoms with Gasteiger partial charge in [0.2, 0.25) is 0 Å². The predicted octanol–water partition coefficient (Wildman–Crippen LogP) is 5.38. The zero-order valence-electron chi connectivity index (χ0n) is 18.1. The lowest BCUT2D eigenvalue weighted by molar-refractivity contribution is 0.0728. The number of benzene rings is 3. The van der Waals surface area contributed by atoms with Crippen molar-refractivity contribution in [2.75, 3.05) is 13.1 Å². The summed E-state index contributed by atoms with van der Waals surface area (Å²) in [7, 11) is 0. The first kappa shape index (κ1) is 23.6. The van der Waals surface area contributed by atoms with Crippen LogP contribution >= 0.6 is 23.2 Å². The quantitative estimate of drug-likeness (QED) is 0.489. The fourth-order valence-corrected chi connectivity index (χ4v) is 4.50. The minimum absolute atomic E-state index is 0.197. The molecule has 2 atom stereocenters. The highest BCUT2D eigenvalue weighted by molar-refractivity contribution is 6.31. The van der Waals surface area contributed by atoms with Gasteiger partial charge >= 0.3 is 6.09 Å². The molecule has 3 aromatic rings. The molecular weight excluding hydrogens is 459 g/mol. The number of amides is 1. The van der Waals surface area contributed by atoms with Crippen LogP contribution in [0.25, 0.3) is 0 Å². The topological polar surface area (TPSA) is 53.0 Å². The van der Waals surface area contributed by atoms with Crippen LogP contribution in [0.1, 0.15) is 16.7 Å². The summed E-state index contributed by atoms with van der Waals surface area (Å²) in [5.41, 5.74) is 2.90. The van der Waals surface area contributed by atoms with Crippen LogP contribution in [0.2, 0.25) is 10.0 Å². The third kappa shape index (κ3) is 6.27. The molecule has 1 saturated heterocycles. The Balaban J connectivity index is 1.48. The van der Waals surface area contributed by atoms with Gasteiger partial charge in [-0.3, -0.25) is 4.90 Å². The van der Waals surface area contributed by atoms with E-state index in [2.05, 4.69) is 4.90 Å². The Hall–Kier alpha value is -2.57. The largest absolute Gasteiger partial charge is 0.445 e. The lowest BCUT2D eigenvalue weighted by atomic mass is 10.1. The summed E-state index contributed by atoms with van der Waals surface area (Å²) in [6.07, 6.45) is -1.14. The molecule has 1 amide bonds. The lowest BCUT2D eigenvalue weighted by Crippen LogP contribution is -2.42. The van der Waals surface area contributed by atoms with Crippen molar-refractivity contribution in [3.05, 3.63) is 106 Å². The maximum Gasteiger partial charge on any atom is 0.410 e. The molecule has 1 heterocycles. The van der Waals surface area contributed by atoms with E-state index in [-0.39, 0.29) is 19.2 Å². The molecule has 7 heteroatoms. The van der Waals surface area contributed by atoms with Crippen LogP contribution in [-0.4, -0.2) is 46.2 Å². The second-order valence-electron chi connectivity index (χ2n) is 8.21. The number of β-amino-alcohol motifs (C(OH)–C–C–N with tert-alkyl or cyclic N) is 1. The van der Waals surface area contributed by atoms with E-state index >= 15 is 0 Å². The minimum Gasteiger partial charge on any atom is -0.445 e. The second-order valence-corrected chi connectivity index (χ2v) is 9.05. The van der Waals surface area contributed by atoms with E-state index in [0.717, 1.165) is 16.7 Å². The second kappa shape index (κ2) is 11.0. The van der Waals surface area contributed by atoms with Gasteiger partial charge in [0.05, 0.1) is 18.7 Å². The molecule has 0 bridgehead atoms. The van der Waals surface area contributed by atoms with Crippen molar-refractivity contribution >= 4 is 29.3 Å². The SMILES string of the molecule is O=C(OCc1ccccc1)N1C[C@@H](O)[C@H](N(Cc2cccc(Cl)c2)Cc2ccccc2Cl)C1. The molecule has 1 fully saturated rings. The molecule has 0 radical (unpaired) electrons. The van der Waals surface area contributed by atoms with Gasteiger partial charge in [-0.2, -0.15) is 0 Å². The summed E-state index contributed by atoms with van der Waals surface area (Å²) in [6, 6.07) is 24.6. The van der Waals surface area contributed by atoms with Crippen molar-refractivity contribution in [1.29, 1.82) is 0 Å². The molecule has 4 rings (SSSR count). The van der Waals surface area contributed by atoms with Gasteiger partial charge in [-0.05, 0) is 34.9 Å². The Morgan fingerprint density at radius 1 is 0.939 bits per heavy atom. The molecule has 5 nitrogen and oxygen atoms in total. The summed E-state index contributed by atoms with van der Waals surface area (Å²) in [5.74, 6) is 0. The number of carbonyl (C=O) groups excluding carboxylic acids is 1. The Morgan fingerprint density at radius 2 is 1.67 bits per heavy atom. The first-order valence-corrected chi connectivity index (χ1v) is 11.6. The monoisotopic (exact) mass is 484 g/mol. The molecule has 0 aliphatic carbocycles. The number of hydrogen-bond donors (Lipinski definition) is 1. The van der Waals surface area contributed by atoms with E-state index < -0.39 is 12.2 Å². The number of likely N-dealkylation sites (tertiary alicyclic amines) is 1. The molecule has 0 spiro atoms. The van der Waals surface area contributed by atoms with Gasteiger partial charge in [0.15, 0.2) is 0 Å². The molecule has 1 N–H and O–H groups in total. The van der Waals surface area contributed by atoms with Crippen LogP contribution in [0.15, 0.2) is 78.9 Å². The van der Waals surface area contributed by atoms with E-state index in [1.807, 2.05) is 78.9 Å². The van der Waals surface area contributed by atoms with Crippen LogP contribution < -0.4 is 0 Å². The maximum atomic E-state index is 12.7. The highest BCUT2D eigenvalue weighted by atomic mass is 35.5. The molecule has 3 aromatic carbocycles. The molecule has 1 aliphatic rings. The van der Waals surface area contributed by atoms with Crippen LogP contribution in [0, 0.1) is 0 Å². The summed E-state index contributed by atoms with van der Waals surface area (Å²) in [5, 5.41) is 12.2. The van der Waals surface area contributed by atoms with Gasteiger partial charge in [-0.25, -0.2) is 4.79 Å². The third-order valence-electron chi connectivity index (χ3n) is 5.80. The number of ether oxygens (including phenoxy) is 1. The molecular formula is C26H26Cl2N2O3. The number of rotatable bonds is 7. The summed E-state index contributed by atoms with van der Waals surface area (Å²) < 4.78 is 5.48. The average Bonchev–Trinajstić information content (AvgIpc) is 3.21. The van der Waals surface area contributed by atoms with Crippen LogP contribution in [0.4, 0.5) is 4.79 Å². The zero-order chi connectivity index (χ0) is 23.2. The highest BCUT2D eigenvalue weighted by Crippen LogP contribution is 2.25. The highest BCUT2D eigenvalue weighted by Gasteiger charge is 2.38. The maximum absolute atomic E-state index is 12.7. The Bertz CT molecular complexity index is 1080. The average molecular weight is 485 g/mol. The number of aliphatic hydroxyl groups excluding tert-OH is 1. The van der Waals surface area contributed by atoms with E-state index in [1.165, 1.54) is 0 Å². The summed E-state index contributed by atoms with van der Waals surface area (Å²) >= 11 is 12.6. The van der Waals surface area contributed by atoms with Crippen molar-refractivity contribution in [3.63, 3.8) is 0 Å². The standard InChI is InChI=1S/C26H26Cl2N2O3/c27-22-11-6-9-20(13-22)14-29(15-21-10-4-5-12-23(21)28)24-16-30(17-25(24)31)26(32)33-18-19-7-2-1-3-8-19/h1-13,24-25,31H,14-18H2/t24-,25-/m1/s1. The number of aliphatic hydroxyl groups is 1. The Labute approximate surface area is 204 Å². The van der Waals surface area contributed by atoms with Gasteiger partial charge in [-0.15, -0.1) is 0 Å². The number of nitrogens with zero attached hydrogens (tertiary/aromatic N) is 2. The fourth-order valence-electron chi connectivity index (χ4n) is 4.09. The van der Waals surface area contributed by atoms with E-state index in [9.17, 15) is 9.90 Å². The van der Waals surface area contributed by atoms with Gasteiger partial charge < -0.3 is 14.7 Å². The molecule has 0 aromatic heterocycles. The number of carbonyl (C=O) groups is 1. The van der Waals surface area contributed by atoms with Gasteiger partial charge in [0.1, 0.15) is 6.61 Å². The molecule has 1 aliphatic heterocycles. The van der Waals surface area contributed by atoms with Crippen LogP contribution in [0.5, 0.6) is 0 Å². The normalized spacial score (nSPS) is 18.0. The van der Waals surface area contributed by atoms with E-state index in [0.29, 0.717) is 29.7 Å². The molecule has 0 saturated carbocycles. The predicted molar refractivity (Wildman–Crippen MR) is 130 cm³/mol. The van der Waals surface area contributed by atoms with Crippen molar-refractivity contribution in [2.45, 2.75) is 31.8 Å². The van der Waals surface area contributed by atoms with Crippen LogP contribution in [-0.2, 0) is 24.4 Å². The van der Waals surface area contributed by atoms with E-state index in [1.54, 1.807) is 4.90 Å². The third-order valence-corrected chi connectivity index (χ3v) is 6.40. The zero-order valence-corrected chi connectivity index (χ0v) is 19.6. The molecule has 0 unspecified atom stereocenters. The molecule has 33 heavy (non-hydrogen) atoms. The number of hydrogen-bond acceptors (Lipinski definition) is 4. The summed E-state index contributed by atoms with van der Waals surface area (Å²) in [4.78, 5) is 16.4. The van der Waals surface area contributed by atoms with Crippen molar-refractivity contribution in [3.8, 4) is 0 Å². The fraction of sp³-hybridized carbons (Fsp3) is 0.269. The Morgan fingerprint density at radius 3 is 2.42 bits per heavy atom. The lowest BCUT2D eigenvalue weighted by Gasteiger charge is -2.31. The van der Waals surface area contributed by atoms with Gasteiger partial charge in [0.25, 0.3) is 0 Å². The minimum atomic E-state index is -0.712. The Kier molecular flexibility index (Phi) is 7.89. The number of halogens is 2. The van der Waals surface area contributed by atoms with Crippen molar-refractivity contribution in [2.24, 2.45) is 0 Å². The van der Waals surface area contributed by atoms with Crippen molar-refractivity contribution in [1.82, 2.24) is 9.80 Å². The van der Waals surface area contributed by atoms with Crippen molar-refractivity contribution < 1.29 is 14.6 Å². The first-order valence-electron chi connectivity index (χ1n) is 10.8. The van der Waals surface area contributed by atoms with Gasteiger partial charge in [0, 0.05) is 29.7 Å². The van der Waals surface area contributed by atoms with Crippen LogP contribution in [0.3, 0.4) is 0 Å². The first-order chi connectivity index (χ1) is 16.0. The van der Waals surface area contributed by atoms with E-state index in [4.69, 9.17) is 27.9 Å². The molecule has 172 valence electrons. The van der Waals surface area contributed by atoms with Gasteiger partial charge in [-0.1, -0.05) is 83.9 Å². The summed E-state index contributed by atoms with van der Waals surface area (Å²) in [6.45, 7) is 1.86.